The minimum atomic E-state index is -1.37. The van der Waals surface area contributed by atoms with E-state index in [1.54, 1.807) is 20.8 Å². The minimum absolute atomic E-state index is 0.0496. The van der Waals surface area contributed by atoms with E-state index >= 15 is 0 Å². The molecule has 1 aromatic rings. The number of carboxylic acids is 1. The molecule has 1 aromatic carbocycles. The van der Waals surface area contributed by atoms with E-state index in [4.69, 9.17) is 14.6 Å². The number of rotatable bonds is 6. The van der Waals surface area contributed by atoms with Crippen molar-refractivity contribution in [1.29, 1.82) is 0 Å². The fourth-order valence-electron chi connectivity index (χ4n) is 1.57. The van der Waals surface area contributed by atoms with E-state index in [2.05, 4.69) is 5.32 Å². The molecule has 0 aliphatic carbocycles. The first-order valence-corrected chi connectivity index (χ1v) is 6.82. The first-order valence-electron chi connectivity index (χ1n) is 6.82. The number of halogens is 2. The van der Waals surface area contributed by atoms with Gasteiger partial charge in [0.2, 0.25) is 0 Å². The standard InChI is InChI=1S/C15H19F2NO5/c1-15(2,3)23-14(21)18-12(13(19)20)8-22-7-9-6-10(16)4-5-11(9)17/h4-6,12H,7-8H2,1-3H3,(H,18,21)(H,19,20)/t12-/m1/s1. The van der Waals surface area contributed by atoms with Gasteiger partial charge in [-0.2, -0.15) is 0 Å². The van der Waals surface area contributed by atoms with E-state index in [-0.39, 0.29) is 12.2 Å². The van der Waals surface area contributed by atoms with Crippen LogP contribution in [0.15, 0.2) is 18.2 Å². The smallest absolute Gasteiger partial charge is 0.408 e. The Hall–Kier alpha value is -2.22. The summed E-state index contributed by atoms with van der Waals surface area (Å²) in [6, 6.07) is 1.48. The first-order chi connectivity index (χ1) is 10.6. The number of hydrogen-bond donors (Lipinski definition) is 2. The van der Waals surface area contributed by atoms with Crippen molar-refractivity contribution in [2.75, 3.05) is 6.61 Å². The quantitative estimate of drug-likeness (QED) is 0.836. The lowest BCUT2D eigenvalue weighted by Gasteiger charge is -2.22. The summed E-state index contributed by atoms with van der Waals surface area (Å²) < 4.78 is 36.4. The van der Waals surface area contributed by atoms with Gasteiger partial charge in [-0.1, -0.05) is 0 Å². The second-order valence-corrected chi connectivity index (χ2v) is 5.79. The van der Waals surface area contributed by atoms with Gasteiger partial charge < -0.3 is 19.9 Å². The zero-order valence-corrected chi connectivity index (χ0v) is 13.1. The number of nitrogens with one attached hydrogen (secondary N) is 1. The summed E-state index contributed by atoms with van der Waals surface area (Å²) in [5.41, 5.74) is -0.829. The molecule has 0 aromatic heterocycles. The second kappa shape index (κ2) is 7.87. The number of ether oxygens (including phenoxy) is 2. The highest BCUT2D eigenvalue weighted by molar-refractivity contribution is 5.80. The molecule has 23 heavy (non-hydrogen) atoms. The Labute approximate surface area is 132 Å². The molecule has 0 unspecified atom stereocenters. The number of alkyl carbamates (subject to hydrolysis) is 1. The van der Waals surface area contributed by atoms with E-state index in [0.29, 0.717) is 0 Å². The third kappa shape index (κ3) is 7.05. The van der Waals surface area contributed by atoms with Crippen molar-refractivity contribution in [3.63, 3.8) is 0 Å². The van der Waals surface area contributed by atoms with Gasteiger partial charge in [0.05, 0.1) is 13.2 Å². The van der Waals surface area contributed by atoms with E-state index in [9.17, 15) is 18.4 Å². The van der Waals surface area contributed by atoms with Crippen LogP contribution >= 0.6 is 0 Å². The molecule has 128 valence electrons. The molecule has 0 bridgehead atoms. The predicted octanol–water partition coefficient (Wildman–Crippen LogP) is 2.46. The molecular formula is C15H19F2NO5. The third-order valence-corrected chi connectivity index (χ3v) is 2.54. The maximum absolute atomic E-state index is 13.4. The highest BCUT2D eigenvalue weighted by atomic mass is 19.1. The topological polar surface area (TPSA) is 84.9 Å². The van der Waals surface area contributed by atoms with Crippen LogP contribution < -0.4 is 5.32 Å². The van der Waals surface area contributed by atoms with Crippen molar-refractivity contribution < 1.29 is 33.0 Å². The molecule has 6 nitrogen and oxygen atoms in total. The largest absolute Gasteiger partial charge is 0.480 e. The molecule has 0 spiro atoms. The van der Waals surface area contributed by atoms with Crippen LogP contribution in [0, 0.1) is 11.6 Å². The monoisotopic (exact) mass is 331 g/mol. The molecule has 0 fully saturated rings. The molecular weight excluding hydrogens is 312 g/mol. The molecule has 2 N–H and O–H groups in total. The van der Waals surface area contributed by atoms with Gasteiger partial charge in [0.15, 0.2) is 6.04 Å². The molecule has 8 heteroatoms. The summed E-state index contributed by atoms with van der Waals surface area (Å²) in [5.74, 6) is -2.64. The summed E-state index contributed by atoms with van der Waals surface area (Å²) in [5, 5.41) is 11.2. The van der Waals surface area contributed by atoms with Gasteiger partial charge in [0.1, 0.15) is 17.2 Å². The maximum atomic E-state index is 13.4. The second-order valence-electron chi connectivity index (χ2n) is 5.79. The van der Waals surface area contributed by atoms with Gasteiger partial charge in [0.25, 0.3) is 0 Å². The number of benzene rings is 1. The lowest BCUT2D eigenvalue weighted by molar-refractivity contribution is -0.141. The van der Waals surface area contributed by atoms with Gasteiger partial charge in [0, 0.05) is 5.56 Å². The van der Waals surface area contributed by atoms with Crippen LogP contribution in [0.3, 0.4) is 0 Å². The number of carboxylic acid groups (broad SMARTS) is 1. The molecule has 1 amide bonds. The van der Waals surface area contributed by atoms with Crippen molar-refractivity contribution in [1.82, 2.24) is 5.32 Å². The molecule has 0 aliphatic rings. The Morgan fingerprint density at radius 3 is 2.52 bits per heavy atom. The summed E-state index contributed by atoms with van der Waals surface area (Å²) in [7, 11) is 0. The Bertz CT molecular complexity index is 571. The Morgan fingerprint density at radius 2 is 1.96 bits per heavy atom. The zero-order chi connectivity index (χ0) is 17.6. The summed E-state index contributed by atoms with van der Waals surface area (Å²) in [6.45, 7) is 4.14. The average molecular weight is 331 g/mol. The molecule has 0 saturated heterocycles. The van der Waals surface area contributed by atoms with Gasteiger partial charge >= 0.3 is 12.1 Å². The third-order valence-electron chi connectivity index (χ3n) is 2.54. The first kappa shape index (κ1) is 18.8. The van der Waals surface area contributed by atoms with Gasteiger partial charge in [-0.15, -0.1) is 0 Å². The highest BCUT2D eigenvalue weighted by Crippen LogP contribution is 2.11. The predicted molar refractivity (Wildman–Crippen MR) is 76.8 cm³/mol. The van der Waals surface area contributed by atoms with Crippen LogP contribution in [0.2, 0.25) is 0 Å². The molecule has 0 heterocycles. The minimum Gasteiger partial charge on any atom is -0.480 e. The highest BCUT2D eigenvalue weighted by Gasteiger charge is 2.24. The number of carbonyl (C=O) groups is 2. The van der Waals surface area contributed by atoms with Gasteiger partial charge in [-0.05, 0) is 39.0 Å². The Balaban J connectivity index is 2.55. The molecule has 0 aliphatic heterocycles. The number of carbonyl (C=O) groups excluding carboxylic acids is 1. The molecule has 0 radical (unpaired) electrons. The number of hydrogen-bond acceptors (Lipinski definition) is 4. The zero-order valence-electron chi connectivity index (χ0n) is 13.1. The van der Waals surface area contributed by atoms with Crippen LogP contribution in [0.25, 0.3) is 0 Å². The molecule has 1 rings (SSSR count). The van der Waals surface area contributed by atoms with Crippen LogP contribution in [-0.2, 0) is 20.9 Å². The summed E-state index contributed by atoms with van der Waals surface area (Å²) >= 11 is 0. The Morgan fingerprint density at radius 1 is 1.30 bits per heavy atom. The van der Waals surface area contributed by atoms with Crippen molar-refractivity contribution >= 4 is 12.1 Å². The lowest BCUT2D eigenvalue weighted by atomic mass is 10.2. The maximum Gasteiger partial charge on any atom is 0.408 e. The molecule has 1 atom stereocenters. The fourth-order valence-corrected chi connectivity index (χ4v) is 1.57. The van der Waals surface area contributed by atoms with E-state index in [1.165, 1.54) is 0 Å². The average Bonchev–Trinajstić information content (AvgIpc) is 2.39. The van der Waals surface area contributed by atoms with E-state index in [0.717, 1.165) is 18.2 Å². The number of amides is 1. The summed E-state index contributed by atoms with van der Waals surface area (Å²) in [6.07, 6.45) is -0.912. The van der Waals surface area contributed by atoms with Gasteiger partial charge in [-0.3, -0.25) is 0 Å². The van der Waals surface area contributed by atoms with E-state index < -0.39 is 41.9 Å². The van der Waals surface area contributed by atoms with Crippen molar-refractivity contribution in [2.24, 2.45) is 0 Å². The van der Waals surface area contributed by atoms with Crippen molar-refractivity contribution in [3.05, 3.63) is 35.4 Å². The fraction of sp³-hybridized carbons (Fsp3) is 0.467. The Kier molecular flexibility index (Phi) is 6.44. The van der Waals surface area contributed by atoms with Gasteiger partial charge in [-0.25, -0.2) is 18.4 Å². The SMILES string of the molecule is CC(C)(C)OC(=O)N[C@H](COCc1cc(F)ccc1F)C(=O)O. The van der Waals surface area contributed by atoms with Crippen LogP contribution in [-0.4, -0.2) is 35.4 Å². The number of aliphatic carboxylic acids is 1. The van der Waals surface area contributed by atoms with Crippen LogP contribution in [0.1, 0.15) is 26.3 Å². The van der Waals surface area contributed by atoms with Crippen molar-refractivity contribution in [2.45, 2.75) is 39.0 Å². The normalized spacial score (nSPS) is 12.6. The van der Waals surface area contributed by atoms with Crippen LogP contribution in [0.5, 0.6) is 0 Å². The van der Waals surface area contributed by atoms with Crippen molar-refractivity contribution in [3.8, 4) is 0 Å². The lowest BCUT2D eigenvalue weighted by Crippen LogP contribution is -2.46. The van der Waals surface area contributed by atoms with E-state index in [1.807, 2.05) is 0 Å². The van der Waals surface area contributed by atoms with Crippen LogP contribution in [0.4, 0.5) is 13.6 Å². The molecule has 0 saturated carbocycles. The summed E-state index contributed by atoms with van der Waals surface area (Å²) in [4.78, 5) is 22.6.